The minimum atomic E-state index is -0.572. The van der Waals surface area contributed by atoms with E-state index in [0.29, 0.717) is 16.1 Å². The molecule has 130 valence electrons. The molecule has 3 rings (SSSR count). The lowest BCUT2D eigenvalue weighted by atomic mass is 9.83. The fraction of sp³-hybridized carbons (Fsp3) is 0.263. The number of benzene rings is 2. The van der Waals surface area contributed by atoms with Gasteiger partial charge in [0.15, 0.2) is 23.1 Å². The quantitative estimate of drug-likeness (QED) is 0.827. The number of phenolic OH excluding ortho intramolecular Hbond substituents is 1. The molecule has 0 radical (unpaired) electrons. The maximum absolute atomic E-state index is 12.8. The van der Waals surface area contributed by atoms with E-state index < -0.39 is 11.8 Å². The second-order valence-electron chi connectivity index (χ2n) is 5.87. The summed E-state index contributed by atoms with van der Waals surface area (Å²) in [6.07, 6.45) is 0. The van der Waals surface area contributed by atoms with Crippen LogP contribution < -0.4 is 4.74 Å². The van der Waals surface area contributed by atoms with E-state index in [0.717, 1.165) is 0 Å². The minimum absolute atomic E-state index is 0.0458. The van der Waals surface area contributed by atoms with Crippen molar-refractivity contribution in [3.05, 3.63) is 58.6 Å². The van der Waals surface area contributed by atoms with Crippen LogP contribution in [0.4, 0.5) is 0 Å². The summed E-state index contributed by atoms with van der Waals surface area (Å²) in [5, 5.41) is 10.2. The fourth-order valence-electron chi connectivity index (χ4n) is 2.94. The van der Waals surface area contributed by atoms with Crippen molar-refractivity contribution in [2.75, 3.05) is 20.3 Å². The summed E-state index contributed by atoms with van der Waals surface area (Å²) >= 11 is 5.85. The van der Waals surface area contributed by atoms with Gasteiger partial charge in [-0.1, -0.05) is 11.6 Å². The topological polar surface area (TPSA) is 72.8 Å². The van der Waals surface area contributed by atoms with Crippen LogP contribution in [0.25, 0.3) is 0 Å². The average molecular weight is 361 g/mol. The highest BCUT2D eigenvalue weighted by molar-refractivity contribution is 6.30. The molecule has 1 aliphatic heterocycles. The summed E-state index contributed by atoms with van der Waals surface area (Å²) in [5.41, 5.74) is 0.875. The second-order valence-corrected chi connectivity index (χ2v) is 6.31. The summed E-state index contributed by atoms with van der Waals surface area (Å²) in [5.74, 6) is -1.30. The van der Waals surface area contributed by atoms with E-state index in [1.165, 1.54) is 25.3 Å². The molecule has 0 spiro atoms. The zero-order chi connectivity index (χ0) is 18.0. The smallest absolute Gasteiger partial charge is 0.169 e. The van der Waals surface area contributed by atoms with Crippen molar-refractivity contribution in [2.45, 2.75) is 0 Å². The first-order chi connectivity index (χ1) is 12.0. The number of carbonyl (C=O) groups excluding carboxylic acids is 2. The maximum atomic E-state index is 12.8. The Balaban J connectivity index is 1.84. The zero-order valence-electron chi connectivity index (χ0n) is 13.6. The first kappa shape index (κ1) is 17.5. The number of Topliss-reactive ketones (excluding diaryl/α,β-unsaturated/α-hetero) is 2. The zero-order valence-corrected chi connectivity index (χ0v) is 14.3. The Bertz CT molecular complexity index is 800. The highest BCUT2D eigenvalue weighted by Crippen LogP contribution is 2.32. The van der Waals surface area contributed by atoms with Crippen molar-refractivity contribution < 1.29 is 24.2 Å². The number of ketones is 2. The number of rotatable bonds is 5. The fourth-order valence-corrected chi connectivity index (χ4v) is 3.07. The van der Waals surface area contributed by atoms with Crippen molar-refractivity contribution in [3.63, 3.8) is 0 Å². The molecule has 0 aliphatic carbocycles. The van der Waals surface area contributed by atoms with E-state index in [-0.39, 0.29) is 36.3 Å². The molecule has 0 bridgehead atoms. The van der Waals surface area contributed by atoms with Crippen LogP contribution in [-0.2, 0) is 4.74 Å². The predicted octanol–water partition coefficient (Wildman–Crippen LogP) is 3.38. The second kappa shape index (κ2) is 7.25. The highest BCUT2D eigenvalue weighted by atomic mass is 35.5. The van der Waals surface area contributed by atoms with Crippen LogP contribution in [0.5, 0.6) is 11.5 Å². The van der Waals surface area contributed by atoms with Gasteiger partial charge in [-0.3, -0.25) is 9.59 Å². The normalized spacial score (nSPS) is 19.6. The van der Waals surface area contributed by atoms with Gasteiger partial charge in [0.05, 0.1) is 32.2 Å². The third kappa shape index (κ3) is 3.52. The van der Waals surface area contributed by atoms with Gasteiger partial charge in [-0.05, 0) is 42.5 Å². The summed E-state index contributed by atoms with van der Waals surface area (Å²) in [7, 11) is 1.41. The Morgan fingerprint density at radius 2 is 1.60 bits per heavy atom. The van der Waals surface area contributed by atoms with Gasteiger partial charge in [0.25, 0.3) is 0 Å². The molecule has 2 atom stereocenters. The van der Waals surface area contributed by atoms with Gasteiger partial charge in [0, 0.05) is 16.1 Å². The molecule has 1 heterocycles. The number of halogens is 1. The van der Waals surface area contributed by atoms with Crippen molar-refractivity contribution in [1.29, 1.82) is 0 Å². The standard InChI is InChI=1S/C19H17ClO5/c1-24-17-8-12(4-7-16(17)21)19(23)15-10-25-9-14(15)18(22)11-2-5-13(20)6-3-11/h2-8,14-15,21H,9-10H2,1H3/t14-,15-/m0/s1. The summed E-state index contributed by atoms with van der Waals surface area (Å²) in [6.45, 7) is 0.388. The number of aromatic hydroxyl groups is 1. The molecular formula is C19H17ClO5. The van der Waals surface area contributed by atoms with Crippen LogP contribution in [-0.4, -0.2) is 37.0 Å². The van der Waals surface area contributed by atoms with Crippen LogP contribution >= 0.6 is 11.6 Å². The maximum Gasteiger partial charge on any atom is 0.169 e. The Kier molecular flexibility index (Phi) is 5.06. The molecule has 1 saturated heterocycles. The summed E-state index contributed by atoms with van der Waals surface area (Å²) in [4.78, 5) is 25.6. The van der Waals surface area contributed by atoms with Crippen LogP contribution in [0, 0.1) is 11.8 Å². The average Bonchev–Trinajstić information content (AvgIpc) is 3.11. The third-order valence-electron chi connectivity index (χ3n) is 4.35. The van der Waals surface area contributed by atoms with Gasteiger partial charge in [0.1, 0.15) is 0 Å². The number of phenols is 1. The van der Waals surface area contributed by atoms with E-state index in [9.17, 15) is 14.7 Å². The first-order valence-electron chi connectivity index (χ1n) is 7.80. The Labute approximate surface area is 150 Å². The molecule has 0 aromatic heterocycles. The van der Waals surface area contributed by atoms with E-state index in [1.54, 1.807) is 24.3 Å². The Morgan fingerprint density at radius 1 is 1.04 bits per heavy atom. The molecule has 2 aromatic carbocycles. The number of carbonyl (C=O) groups is 2. The lowest BCUT2D eigenvalue weighted by Crippen LogP contribution is -2.29. The van der Waals surface area contributed by atoms with Crippen molar-refractivity contribution in [3.8, 4) is 11.5 Å². The SMILES string of the molecule is COc1cc(C(=O)[C@H]2COC[C@@H]2C(=O)c2ccc(Cl)cc2)ccc1O. The predicted molar refractivity (Wildman–Crippen MR) is 92.6 cm³/mol. The first-order valence-corrected chi connectivity index (χ1v) is 8.18. The van der Waals surface area contributed by atoms with Gasteiger partial charge in [0.2, 0.25) is 0 Å². The van der Waals surface area contributed by atoms with Gasteiger partial charge in [-0.25, -0.2) is 0 Å². The largest absolute Gasteiger partial charge is 0.504 e. The summed E-state index contributed by atoms with van der Waals surface area (Å²) < 4.78 is 10.5. The van der Waals surface area contributed by atoms with Gasteiger partial charge >= 0.3 is 0 Å². The third-order valence-corrected chi connectivity index (χ3v) is 4.60. The van der Waals surface area contributed by atoms with Crippen LogP contribution in [0.15, 0.2) is 42.5 Å². The van der Waals surface area contributed by atoms with E-state index >= 15 is 0 Å². The molecule has 2 aromatic rings. The molecule has 1 fully saturated rings. The van der Waals surface area contributed by atoms with E-state index in [2.05, 4.69) is 0 Å². The van der Waals surface area contributed by atoms with Crippen molar-refractivity contribution in [2.24, 2.45) is 11.8 Å². The van der Waals surface area contributed by atoms with Crippen LogP contribution in [0.2, 0.25) is 5.02 Å². The molecule has 1 N–H and O–H groups in total. The van der Waals surface area contributed by atoms with Crippen molar-refractivity contribution >= 4 is 23.2 Å². The summed E-state index contributed by atoms with van der Waals surface area (Å²) in [6, 6.07) is 11.0. The molecule has 0 amide bonds. The number of methoxy groups -OCH3 is 1. The molecule has 0 unspecified atom stereocenters. The molecular weight excluding hydrogens is 344 g/mol. The molecule has 25 heavy (non-hydrogen) atoms. The molecule has 6 heteroatoms. The minimum Gasteiger partial charge on any atom is -0.504 e. The van der Waals surface area contributed by atoms with Gasteiger partial charge in [-0.2, -0.15) is 0 Å². The number of ether oxygens (including phenoxy) is 2. The van der Waals surface area contributed by atoms with Gasteiger partial charge < -0.3 is 14.6 Å². The van der Waals surface area contributed by atoms with E-state index in [1.807, 2.05) is 0 Å². The molecule has 0 saturated carbocycles. The van der Waals surface area contributed by atoms with E-state index in [4.69, 9.17) is 21.1 Å². The van der Waals surface area contributed by atoms with Crippen LogP contribution in [0.3, 0.4) is 0 Å². The number of hydrogen-bond acceptors (Lipinski definition) is 5. The lowest BCUT2D eigenvalue weighted by molar-refractivity contribution is 0.0809. The monoisotopic (exact) mass is 360 g/mol. The lowest BCUT2D eigenvalue weighted by Gasteiger charge is -2.16. The Morgan fingerprint density at radius 3 is 2.20 bits per heavy atom. The van der Waals surface area contributed by atoms with Crippen molar-refractivity contribution in [1.82, 2.24) is 0 Å². The molecule has 5 nitrogen and oxygen atoms in total. The Hall–Kier alpha value is -2.37. The number of hydrogen-bond donors (Lipinski definition) is 1. The van der Waals surface area contributed by atoms with Gasteiger partial charge in [-0.15, -0.1) is 0 Å². The highest BCUT2D eigenvalue weighted by Gasteiger charge is 2.39. The van der Waals surface area contributed by atoms with Crippen LogP contribution in [0.1, 0.15) is 20.7 Å². The molecule has 1 aliphatic rings.